The first-order chi connectivity index (χ1) is 9.13. The molecule has 0 aliphatic carbocycles. The molecule has 3 N–H and O–H groups in total. The van der Waals surface area contributed by atoms with E-state index in [1.54, 1.807) is 36.4 Å². The highest BCUT2D eigenvalue weighted by atomic mass is 35.5. The maximum Gasteiger partial charge on any atom is 0.101 e. The molecule has 0 fully saturated rings. The zero-order chi connectivity index (χ0) is 13.8. The summed E-state index contributed by atoms with van der Waals surface area (Å²) in [5, 5.41) is 21.3. The van der Waals surface area contributed by atoms with Gasteiger partial charge in [0.2, 0.25) is 0 Å². The van der Waals surface area contributed by atoms with E-state index < -0.39 is 0 Å². The monoisotopic (exact) mass is 268 g/mol. The van der Waals surface area contributed by atoms with Crippen LogP contribution in [0.15, 0.2) is 36.4 Å². The van der Waals surface area contributed by atoms with Crippen molar-refractivity contribution >= 4 is 28.7 Å². The average Bonchev–Trinajstić information content (AvgIpc) is 2.42. The van der Waals surface area contributed by atoms with Crippen LogP contribution >= 0.6 is 11.6 Å². The van der Waals surface area contributed by atoms with E-state index in [4.69, 9.17) is 27.9 Å². The van der Waals surface area contributed by atoms with Crippen LogP contribution in [0, 0.1) is 22.7 Å². The number of halogens is 1. The van der Waals surface area contributed by atoms with Crippen molar-refractivity contribution in [2.45, 2.75) is 0 Å². The van der Waals surface area contributed by atoms with Crippen LogP contribution in [-0.4, -0.2) is 0 Å². The summed E-state index contributed by atoms with van der Waals surface area (Å²) in [6, 6.07) is 14.0. The van der Waals surface area contributed by atoms with Crippen molar-refractivity contribution in [1.29, 1.82) is 10.5 Å². The van der Waals surface area contributed by atoms with E-state index in [2.05, 4.69) is 11.4 Å². The van der Waals surface area contributed by atoms with Crippen LogP contribution in [0.3, 0.4) is 0 Å². The van der Waals surface area contributed by atoms with Gasteiger partial charge in [0.05, 0.1) is 33.6 Å². The molecule has 0 amide bonds. The van der Waals surface area contributed by atoms with Crippen LogP contribution in [0.4, 0.5) is 17.1 Å². The normalized spacial score (nSPS) is 9.42. The summed E-state index contributed by atoms with van der Waals surface area (Å²) in [5.74, 6) is 0. The number of nitrogen functional groups attached to an aromatic ring is 1. The lowest BCUT2D eigenvalue weighted by Gasteiger charge is -2.10. The molecule has 0 spiro atoms. The minimum atomic E-state index is 0.416. The SMILES string of the molecule is N#Cc1ccc(Nc2ccc(N)cc2C#N)c(Cl)c1. The van der Waals surface area contributed by atoms with Crippen molar-refractivity contribution in [3.05, 3.63) is 52.5 Å². The fourth-order valence-corrected chi connectivity index (χ4v) is 1.82. The van der Waals surface area contributed by atoms with Gasteiger partial charge in [-0.15, -0.1) is 0 Å². The lowest BCUT2D eigenvalue weighted by molar-refractivity contribution is 1.45. The maximum atomic E-state index is 9.05. The van der Waals surface area contributed by atoms with Gasteiger partial charge in [-0.25, -0.2) is 0 Å². The molecular formula is C14H9ClN4. The molecule has 0 atom stereocenters. The summed E-state index contributed by atoms with van der Waals surface area (Å²) in [4.78, 5) is 0. The zero-order valence-electron chi connectivity index (χ0n) is 9.81. The van der Waals surface area contributed by atoms with Crippen molar-refractivity contribution in [2.24, 2.45) is 0 Å². The average molecular weight is 269 g/mol. The van der Waals surface area contributed by atoms with Crippen molar-refractivity contribution in [3.63, 3.8) is 0 Å². The Hall–Kier alpha value is -2.69. The number of rotatable bonds is 2. The summed E-state index contributed by atoms with van der Waals surface area (Å²) in [5.41, 5.74) is 8.30. The van der Waals surface area contributed by atoms with Gasteiger partial charge in [-0.2, -0.15) is 10.5 Å². The summed E-state index contributed by atoms with van der Waals surface area (Å²) in [7, 11) is 0. The predicted molar refractivity (Wildman–Crippen MR) is 75.0 cm³/mol. The van der Waals surface area contributed by atoms with E-state index in [0.717, 1.165) is 0 Å². The van der Waals surface area contributed by atoms with E-state index in [0.29, 0.717) is 33.2 Å². The molecule has 2 aromatic carbocycles. The molecule has 4 nitrogen and oxygen atoms in total. The van der Waals surface area contributed by atoms with Crippen LogP contribution in [0.2, 0.25) is 5.02 Å². The quantitative estimate of drug-likeness (QED) is 0.817. The molecule has 0 aromatic heterocycles. The molecule has 19 heavy (non-hydrogen) atoms. The number of nitrogens with two attached hydrogens (primary N) is 1. The highest BCUT2D eigenvalue weighted by Gasteiger charge is 2.06. The van der Waals surface area contributed by atoms with Crippen LogP contribution in [0.25, 0.3) is 0 Å². The van der Waals surface area contributed by atoms with Crippen LogP contribution < -0.4 is 11.1 Å². The van der Waals surface area contributed by atoms with Gasteiger partial charge in [-0.1, -0.05) is 11.6 Å². The first kappa shape index (κ1) is 12.8. The molecule has 0 heterocycles. The van der Waals surface area contributed by atoms with Crippen molar-refractivity contribution in [3.8, 4) is 12.1 Å². The number of hydrogen-bond donors (Lipinski definition) is 2. The van der Waals surface area contributed by atoms with E-state index in [1.165, 1.54) is 0 Å². The minimum absolute atomic E-state index is 0.416. The number of nitrogens with one attached hydrogen (secondary N) is 1. The lowest BCUT2D eigenvalue weighted by Crippen LogP contribution is -1.96. The fourth-order valence-electron chi connectivity index (χ4n) is 1.59. The van der Waals surface area contributed by atoms with Gasteiger partial charge in [0.15, 0.2) is 0 Å². The van der Waals surface area contributed by atoms with Gasteiger partial charge in [-0.3, -0.25) is 0 Å². The Morgan fingerprint density at radius 1 is 1.00 bits per heavy atom. The topological polar surface area (TPSA) is 85.6 Å². The van der Waals surface area contributed by atoms with E-state index in [1.807, 2.05) is 6.07 Å². The Morgan fingerprint density at radius 2 is 1.74 bits per heavy atom. The van der Waals surface area contributed by atoms with Crippen molar-refractivity contribution in [2.75, 3.05) is 11.1 Å². The lowest BCUT2D eigenvalue weighted by atomic mass is 10.1. The Bertz CT molecular complexity index is 710. The maximum absolute atomic E-state index is 9.05. The van der Waals surface area contributed by atoms with Crippen molar-refractivity contribution < 1.29 is 0 Å². The third-order valence-electron chi connectivity index (χ3n) is 2.53. The second kappa shape index (κ2) is 5.30. The Balaban J connectivity index is 2.37. The molecule has 0 aliphatic heterocycles. The van der Waals surface area contributed by atoms with Gasteiger partial charge in [0, 0.05) is 5.69 Å². The molecule has 0 unspecified atom stereocenters. The fraction of sp³-hybridized carbons (Fsp3) is 0. The predicted octanol–water partition coefficient (Wildman–Crippen LogP) is 3.41. The van der Waals surface area contributed by atoms with E-state index >= 15 is 0 Å². The molecule has 0 radical (unpaired) electrons. The Kier molecular flexibility index (Phi) is 3.56. The van der Waals surface area contributed by atoms with Gasteiger partial charge < -0.3 is 11.1 Å². The second-order valence-corrected chi connectivity index (χ2v) is 4.26. The third kappa shape index (κ3) is 2.77. The Morgan fingerprint density at radius 3 is 2.37 bits per heavy atom. The Labute approximate surface area is 115 Å². The number of hydrogen-bond acceptors (Lipinski definition) is 4. The molecule has 2 aromatic rings. The molecule has 5 heteroatoms. The number of benzene rings is 2. The highest BCUT2D eigenvalue weighted by molar-refractivity contribution is 6.33. The number of anilines is 3. The zero-order valence-corrected chi connectivity index (χ0v) is 10.6. The van der Waals surface area contributed by atoms with Crippen molar-refractivity contribution in [1.82, 2.24) is 0 Å². The van der Waals surface area contributed by atoms with E-state index in [-0.39, 0.29) is 0 Å². The van der Waals surface area contributed by atoms with Gasteiger partial charge in [0.25, 0.3) is 0 Å². The summed E-state index contributed by atoms with van der Waals surface area (Å²) < 4.78 is 0. The smallest absolute Gasteiger partial charge is 0.101 e. The molecular weight excluding hydrogens is 260 g/mol. The molecule has 0 aliphatic rings. The molecule has 0 saturated heterocycles. The minimum Gasteiger partial charge on any atom is -0.399 e. The summed E-state index contributed by atoms with van der Waals surface area (Å²) >= 11 is 6.06. The summed E-state index contributed by atoms with van der Waals surface area (Å²) in [6.07, 6.45) is 0. The van der Waals surface area contributed by atoms with Gasteiger partial charge in [0.1, 0.15) is 6.07 Å². The summed E-state index contributed by atoms with van der Waals surface area (Å²) in [6.45, 7) is 0. The first-order valence-electron chi connectivity index (χ1n) is 5.40. The number of nitrogens with zero attached hydrogens (tertiary/aromatic N) is 2. The van der Waals surface area contributed by atoms with Gasteiger partial charge >= 0.3 is 0 Å². The molecule has 92 valence electrons. The molecule has 0 bridgehead atoms. The van der Waals surface area contributed by atoms with E-state index in [9.17, 15) is 0 Å². The largest absolute Gasteiger partial charge is 0.399 e. The molecule has 2 rings (SSSR count). The van der Waals surface area contributed by atoms with Gasteiger partial charge in [-0.05, 0) is 36.4 Å². The molecule has 0 saturated carbocycles. The van der Waals surface area contributed by atoms with Crippen LogP contribution in [0.1, 0.15) is 11.1 Å². The van der Waals surface area contributed by atoms with Crippen LogP contribution in [0.5, 0.6) is 0 Å². The standard InChI is InChI=1S/C14H9ClN4/c15-12-5-9(7-16)1-3-14(12)19-13-4-2-11(18)6-10(13)8-17/h1-6,19H,18H2. The van der Waals surface area contributed by atoms with Crippen LogP contribution in [-0.2, 0) is 0 Å². The first-order valence-corrected chi connectivity index (χ1v) is 5.78. The second-order valence-electron chi connectivity index (χ2n) is 3.85. The number of nitriles is 2. The highest BCUT2D eigenvalue weighted by Crippen LogP contribution is 2.28. The third-order valence-corrected chi connectivity index (χ3v) is 2.84.